The van der Waals surface area contributed by atoms with Gasteiger partial charge in [0.25, 0.3) is 0 Å². The summed E-state index contributed by atoms with van der Waals surface area (Å²) in [5.74, 6) is -2.37. The van der Waals surface area contributed by atoms with E-state index < -0.39 is 51.3 Å². The number of carbonyl (C=O) groups is 3. The average molecular weight is 616 g/mol. The van der Waals surface area contributed by atoms with Crippen molar-refractivity contribution in [2.45, 2.75) is 56.7 Å². The van der Waals surface area contributed by atoms with E-state index in [-0.39, 0.29) is 23.8 Å². The zero-order chi connectivity index (χ0) is 30.1. The number of aryl methyl sites for hydroxylation is 2. The molecule has 4 atom stereocenters. The molecule has 1 aliphatic carbocycles. The molecule has 1 unspecified atom stereocenters. The Morgan fingerprint density at radius 2 is 2.00 bits per heavy atom. The summed E-state index contributed by atoms with van der Waals surface area (Å²) in [6.45, 7) is 3.07. The number of aliphatic hydroxyl groups is 1. The Morgan fingerprint density at radius 1 is 1.26 bits per heavy atom. The van der Waals surface area contributed by atoms with Crippen molar-refractivity contribution in [3.05, 3.63) is 52.4 Å². The first-order valence-electron chi connectivity index (χ1n) is 13.4. The van der Waals surface area contributed by atoms with Gasteiger partial charge in [0.05, 0.1) is 29.5 Å². The maximum Gasteiger partial charge on any atom is 0.513 e. The highest BCUT2D eigenvalue weighted by atomic mass is 32.2. The standard InChI is InChI=1S/C28H29N3O9S2/c1-14(32)19-22-28(2,9-10-39-27(36)40-17-8-7-15-5-4-6-16(15)11-17)20(21(26(34)35)31(22)24(19)33)18-12-30-13-29-23(25(30)41-18)42(3,37)38/h7-8,11-14,19,22,32H,4-6,9-10H2,1-3H3,(H,34,35)/t14?,19-,22-,28-/m1/s1. The molecule has 1 aromatic carbocycles. The molecule has 0 spiro atoms. The van der Waals surface area contributed by atoms with E-state index in [1.807, 2.05) is 12.1 Å². The molecule has 222 valence electrons. The third-order valence-electron chi connectivity index (χ3n) is 8.45. The van der Waals surface area contributed by atoms with Gasteiger partial charge in [-0.3, -0.25) is 9.20 Å². The second-order valence-electron chi connectivity index (χ2n) is 11.2. The monoisotopic (exact) mass is 615 g/mol. The topological polar surface area (TPSA) is 165 Å². The first-order valence-corrected chi connectivity index (χ1v) is 16.1. The number of fused-ring (bicyclic) bond motifs is 3. The number of ether oxygens (including phenoxy) is 2. The molecule has 4 heterocycles. The van der Waals surface area contributed by atoms with E-state index in [1.54, 1.807) is 19.2 Å². The number of carboxylic acids is 1. The van der Waals surface area contributed by atoms with Gasteiger partial charge >= 0.3 is 12.1 Å². The highest BCUT2D eigenvalue weighted by Crippen LogP contribution is 2.60. The van der Waals surface area contributed by atoms with Crippen molar-refractivity contribution in [2.24, 2.45) is 11.3 Å². The van der Waals surface area contributed by atoms with Gasteiger partial charge in [-0.05, 0) is 55.9 Å². The first kappa shape index (κ1) is 28.4. The van der Waals surface area contributed by atoms with Crippen LogP contribution in [0.5, 0.6) is 5.75 Å². The number of nitrogens with zero attached hydrogens (tertiary/aromatic N) is 3. The van der Waals surface area contributed by atoms with E-state index in [9.17, 15) is 33.0 Å². The molecule has 0 bridgehead atoms. The summed E-state index contributed by atoms with van der Waals surface area (Å²) in [5.41, 5.74) is 1.33. The molecule has 1 amide bonds. The fourth-order valence-corrected chi connectivity index (χ4v) is 8.96. The third-order valence-corrected chi connectivity index (χ3v) is 10.7. The quantitative estimate of drug-likeness (QED) is 0.219. The molecule has 2 aromatic heterocycles. The van der Waals surface area contributed by atoms with Crippen molar-refractivity contribution in [1.29, 1.82) is 0 Å². The number of aromatic nitrogens is 2. The Balaban J connectivity index is 1.32. The number of amides is 1. The second kappa shape index (κ2) is 9.92. The van der Waals surface area contributed by atoms with Crippen LogP contribution in [0.3, 0.4) is 0 Å². The van der Waals surface area contributed by atoms with Crippen LogP contribution in [0.4, 0.5) is 4.79 Å². The molecule has 2 aliphatic heterocycles. The smallest absolute Gasteiger partial charge is 0.477 e. The molecule has 0 radical (unpaired) electrons. The van der Waals surface area contributed by atoms with Crippen LogP contribution in [0.1, 0.15) is 42.7 Å². The van der Waals surface area contributed by atoms with Crippen molar-refractivity contribution < 1.29 is 42.5 Å². The Hall–Kier alpha value is -3.75. The summed E-state index contributed by atoms with van der Waals surface area (Å²) >= 11 is 1.04. The van der Waals surface area contributed by atoms with E-state index in [0.717, 1.165) is 42.4 Å². The molecule has 0 saturated carbocycles. The van der Waals surface area contributed by atoms with Gasteiger partial charge in [-0.15, -0.1) is 11.3 Å². The van der Waals surface area contributed by atoms with E-state index in [0.29, 0.717) is 21.0 Å². The van der Waals surface area contributed by atoms with Crippen LogP contribution in [0, 0.1) is 11.3 Å². The van der Waals surface area contributed by atoms with E-state index in [2.05, 4.69) is 4.98 Å². The van der Waals surface area contributed by atoms with Crippen LogP contribution < -0.4 is 4.74 Å². The minimum atomic E-state index is -3.67. The van der Waals surface area contributed by atoms with Gasteiger partial charge in [0.1, 0.15) is 22.6 Å². The number of hydrogen-bond acceptors (Lipinski definition) is 10. The van der Waals surface area contributed by atoms with Gasteiger partial charge in [-0.1, -0.05) is 13.0 Å². The average Bonchev–Trinajstić information content (AvgIpc) is 3.64. The van der Waals surface area contributed by atoms with Crippen LogP contribution in [-0.2, 0) is 37.0 Å². The maximum absolute atomic E-state index is 13.1. The highest BCUT2D eigenvalue weighted by Gasteiger charge is 2.66. The van der Waals surface area contributed by atoms with Crippen molar-refractivity contribution in [3.63, 3.8) is 0 Å². The van der Waals surface area contributed by atoms with Gasteiger partial charge in [0, 0.05) is 23.4 Å². The predicted molar refractivity (Wildman–Crippen MR) is 150 cm³/mol. The van der Waals surface area contributed by atoms with Crippen LogP contribution in [0.25, 0.3) is 10.4 Å². The number of thiazole rings is 1. The van der Waals surface area contributed by atoms with Crippen LogP contribution in [-0.4, -0.2) is 76.0 Å². The van der Waals surface area contributed by atoms with E-state index in [1.165, 1.54) is 28.1 Å². The lowest BCUT2D eigenvalue weighted by molar-refractivity contribution is -0.167. The maximum atomic E-state index is 13.1. The fraction of sp³-hybridized carbons (Fsp3) is 0.429. The van der Waals surface area contributed by atoms with Gasteiger partial charge in [0.2, 0.25) is 5.91 Å². The zero-order valence-electron chi connectivity index (χ0n) is 23.1. The van der Waals surface area contributed by atoms with Gasteiger partial charge in [0.15, 0.2) is 14.9 Å². The Morgan fingerprint density at radius 3 is 2.69 bits per heavy atom. The van der Waals surface area contributed by atoms with Gasteiger partial charge in [-0.25, -0.2) is 23.0 Å². The number of carbonyl (C=O) groups excluding carboxylic acids is 2. The molecule has 42 heavy (non-hydrogen) atoms. The van der Waals surface area contributed by atoms with Crippen molar-refractivity contribution in [3.8, 4) is 5.75 Å². The number of imidazole rings is 1. The molecule has 1 fully saturated rings. The van der Waals surface area contributed by atoms with Crippen LogP contribution in [0.2, 0.25) is 0 Å². The summed E-state index contributed by atoms with van der Waals surface area (Å²) in [6, 6.07) is 4.75. The number of hydrogen-bond donors (Lipinski definition) is 2. The zero-order valence-corrected chi connectivity index (χ0v) is 24.7. The SMILES string of the molecule is CC(O)[C@H]1C(=O)N2C(C(=O)O)=C(c3cn4cnc(S(C)(=O)=O)c4s3)[C@@](C)(CCOC(=O)Oc3ccc4c(c3)CCC4)[C@@H]12. The second-order valence-corrected chi connectivity index (χ2v) is 14.2. The summed E-state index contributed by atoms with van der Waals surface area (Å²) < 4.78 is 36.9. The number of aliphatic carboxylic acids is 1. The van der Waals surface area contributed by atoms with E-state index in [4.69, 9.17) is 9.47 Å². The highest BCUT2D eigenvalue weighted by molar-refractivity contribution is 7.91. The van der Waals surface area contributed by atoms with Crippen LogP contribution >= 0.6 is 11.3 Å². The lowest BCUT2D eigenvalue weighted by Gasteiger charge is -2.50. The number of rotatable bonds is 8. The predicted octanol–water partition coefficient (Wildman–Crippen LogP) is 2.92. The summed E-state index contributed by atoms with van der Waals surface area (Å²) in [6.07, 6.45) is 5.03. The minimum absolute atomic E-state index is 0.0973. The van der Waals surface area contributed by atoms with Gasteiger partial charge < -0.3 is 24.6 Å². The Labute approximate surface area is 245 Å². The van der Waals surface area contributed by atoms with Crippen molar-refractivity contribution in [2.75, 3.05) is 12.9 Å². The number of carboxylic acid groups (broad SMARTS) is 1. The number of β-lactam (4-membered cyclic amide) rings is 1. The molecule has 14 heteroatoms. The molecule has 3 aromatic rings. The molecule has 1 saturated heterocycles. The Bertz CT molecular complexity index is 1790. The van der Waals surface area contributed by atoms with Gasteiger partial charge in [-0.2, -0.15) is 0 Å². The van der Waals surface area contributed by atoms with Crippen molar-refractivity contribution >= 4 is 49.6 Å². The number of benzene rings is 1. The van der Waals surface area contributed by atoms with Crippen LogP contribution in [0.15, 0.2) is 41.4 Å². The molecule has 2 N–H and O–H groups in total. The molecule has 3 aliphatic rings. The summed E-state index contributed by atoms with van der Waals surface area (Å²) in [4.78, 5) is 44.2. The normalized spacial score (nSPS) is 24.0. The third kappa shape index (κ3) is 4.39. The molecule has 12 nitrogen and oxygen atoms in total. The lowest BCUT2D eigenvalue weighted by atomic mass is 9.66. The minimum Gasteiger partial charge on any atom is -0.477 e. The summed E-state index contributed by atoms with van der Waals surface area (Å²) in [7, 11) is -3.67. The molecule has 6 rings (SSSR count). The lowest BCUT2D eigenvalue weighted by Crippen LogP contribution is -2.66. The number of aliphatic hydroxyl groups excluding tert-OH is 1. The molecular formula is C28H29N3O9S2. The fourth-order valence-electron chi connectivity index (χ4n) is 6.56. The molecular weight excluding hydrogens is 586 g/mol. The van der Waals surface area contributed by atoms with Crippen molar-refractivity contribution in [1.82, 2.24) is 14.3 Å². The Kier molecular flexibility index (Phi) is 6.70. The van der Waals surface area contributed by atoms with E-state index >= 15 is 0 Å². The summed E-state index contributed by atoms with van der Waals surface area (Å²) in [5, 5.41) is 20.6. The number of sulfone groups is 1. The first-order chi connectivity index (χ1) is 19.8. The largest absolute Gasteiger partial charge is 0.513 e.